The second-order valence-corrected chi connectivity index (χ2v) is 7.60. The molecular weight excluding hydrogens is 370 g/mol. The van der Waals surface area contributed by atoms with Gasteiger partial charge < -0.3 is 4.90 Å². The van der Waals surface area contributed by atoms with E-state index in [0.717, 1.165) is 19.3 Å². The van der Waals surface area contributed by atoms with Gasteiger partial charge in [-0.15, -0.1) is 5.10 Å². The molecule has 0 radical (unpaired) electrons. The van der Waals surface area contributed by atoms with Crippen LogP contribution in [0.2, 0.25) is 0 Å². The van der Waals surface area contributed by atoms with Crippen molar-refractivity contribution in [3.63, 3.8) is 0 Å². The van der Waals surface area contributed by atoms with Crippen molar-refractivity contribution in [2.24, 2.45) is 5.41 Å². The SMILES string of the molecule is Cc1c(C(=O)N2CC=C(C3(C#N)CC3)CC2)cnn1-c1nn2cccc2c(=O)[nH]1. The number of fused-ring (bicyclic) bond motifs is 1. The van der Waals surface area contributed by atoms with Gasteiger partial charge in [-0.1, -0.05) is 11.6 Å². The molecule has 1 fully saturated rings. The van der Waals surface area contributed by atoms with E-state index >= 15 is 0 Å². The highest BCUT2D eigenvalue weighted by atomic mass is 16.2. The lowest BCUT2D eigenvalue weighted by Crippen LogP contribution is -2.36. The summed E-state index contributed by atoms with van der Waals surface area (Å²) in [5.74, 6) is 0.135. The zero-order valence-electron chi connectivity index (χ0n) is 15.9. The highest BCUT2D eigenvalue weighted by Gasteiger charge is 2.47. The number of carbonyl (C=O) groups is 1. The quantitative estimate of drug-likeness (QED) is 0.684. The maximum Gasteiger partial charge on any atom is 0.276 e. The van der Waals surface area contributed by atoms with Crippen molar-refractivity contribution in [1.82, 2.24) is 29.3 Å². The summed E-state index contributed by atoms with van der Waals surface area (Å²) < 4.78 is 2.95. The molecule has 1 aliphatic carbocycles. The molecule has 3 aromatic heterocycles. The number of amides is 1. The number of aromatic amines is 1. The molecule has 0 bridgehead atoms. The number of nitrogens with one attached hydrogen (secondary N) is 1. The molecule has 4 heterocycles. The fourth-order valence-corrected chi connectivity index (χ4v) is 3.95. The van der Waals surface area contributed by atoms with Gasteiger partial charge >= 0.3 is 0 Å². The zero-order chi connectivity index (χ0) is 20.2. The van der Waals surface area contributed by atoms with Crippen LogP contribution in [0.3, 0.4) is 0 Å². The summed E-state index contributed by atoms with van der Waals surface area (Å²) >= 11 is 0. The van der Waals surface area contributed by atoms with E-state index < -0.39 is 0 Å². The summed E-state index contributed by atoms with van der Waals surface area (Å²) in [6, 6.07) is 5.84. The largest absolute Gasteiger partial charge is 0.334 e. The molecule has 146 valence electrons. The van der Waals surface area contributed by atoms with Crippen molar-refractivity contribution in [3.8, 4) is 12.0 Å². The van der Waals surface area contributed by atoms with Gasteiger partial charge in [0.15, 0.2) is 0 Å². The summed E-state index contributed by atoms with van der Waals surface area (Å²) in [5.41, 5.74) is 2.14. The second kappa shape index (κ2) is 6.17. The van der Waals surface area contributed by atoms with Crippen LogP contribution in [-0.2, 0) is 0 Å². The van der Waals surface area contributed by atoms with E-state index in [1.54, 1.807) is 30.2 Å². The topological polar surface area (TPSA) is 112 Å². The smallest absolute Gasteiger partial charge is 0.276 e. The van der Waals surface area contributed by atoms with Gasteiger partial charge in [0.1, 0.15) is 5.52 Å². The molecule has 0 atom stereocenters. The highest BCUT2D eigenvalue weighted by Crippen LogP contribution is 2.52. The van der Waals surface area contributed by atoms with Crippen LogP contribution in [0.25, 0.3) is 11.5 Å². The van der Waals surface area contributed by atoms with Gasteiger partial charge in [0.05, 0.1) is 28.9 Å². The lowest BCUT2D eigenvalue weighted by molar-refractivity contribution is 0.0766. The number of carbonyl (C=O) groups excluding carboxylic acids is 1. The fourth-order valence-electron chi connectivity index (χ4n) is 3.95. The molecule has 9 heteroatoms. The van der Waals surface area contributed by atoms with Gasteiger partial charge in [0.2, 0.25) is 5.95 Å². The molecule has 0 spiro atoms. The second-order valence-electron chi connectivity index (χ2n) is 7.60. The first-order valence-corrected chi connectivity index (χ1v) is 9.55. The van der Waals surface area contributed by atoms with E-state index in [1.165, 1.54) is 21.0 Å². The molecule has 3 aromatic rings. The van der Waals surface area contributed by atoms with Crippen LogP contribution in [0.15, 0.2) is 41.0 Å². The summed E-state index contributed by atoms with van der Waals surface area (Å²) in [6.07, 6.45) is 7.79. The van der Waals surface area contributed by atoms with Crippen molar-refractivity contribution >= 4 is 11.4 Å². The Morgan fingerprint density at radius 3 is 2.90 bits per heavy atom. The fraction of sp³-hybridized carbons (Fsp3) is 0.350. The van der Waals surface area contributed by atoms with E-state index in [2.05, 4.69) is 21.3 Å². The van der Waals surface area contributed by atoms with Crippen molar-refractivity contribution < 1.29 is 4.79 Å². The van der Waals surface area contributed by atoms with Crippen LogP contribution in [-0.4, -0.2) is 48.3 Å². The number of nitriles is 1. The molecule has 1 N–H and O–H groups in total. The summed E-state index contributed by atoms with van der Waals surface area (Å²) in [6.45, 7) is 2.86. The first-order chi connectivity index (χ1) is 14.0. The molecule has 0 aromatic carbocycles. The average molecular weight is 389 g/mol. The summed E-state index contributed by atoms with van der Waals surface area (Å²) in [7, 11) is 0. The minimum atomic E-state index is -0.275. The lowest BCUT2D eigenvalue weighted by Gasteiger charge is -2.28. The maximum atomic E-state index is 13.0. The normalized spacial score (nSPS) is 17.8. The first-order valence-electron chi connectivity index (χ1n) is 9.55. The van der Waals surface area contributed by atoms with Crippen molar-refractivity contribution in [2.45, 2.75) is 26.2 Å². The zero-order valence-corrected chi connectivity index (χ0v) is 15.9. The van der Waals surface area contributed by atoms with Crippen molar-refractivity contribution in [2.75, 3.05) is 13.1 Å². The highest BCUT2D eigenvalue weighted by molar-refractivity contribution is 5.95. The van der Waals surface area contributed by atoms with E-state index in [4.69, 9.17) is 0 Å². The third kappa shape index (κ3) is 2.68. The van der Waals surface area contributed by atoms with E-state index in [1.807, 2.05) is 6.08 Å². The molecule has 29 heavy (non-hydrogen) atoms. The molecule has 9 nitrogen and oxygen atoms in total. The van der Waals surface area contributed by atoms with Gasteiger partial charge in [-0.25, -0.2) is 9.20 Å². The van der Waals surface area contributed by atoms with Gasteiger partial charge in [-0.3, -0.25) is 14.6 Å². The maximum absolute atomic E-state index is 13.0. The standard InChI is InChI=1S/C20H19N7O2/c1-13-15(18(29)25-9-4-14(5-10-25)20(12-21)6-7-20)11-22-27(13)19-23-17(28)16-3-2-8-26(16)24-19/h2-4,8,11H,5-7,9-10H2,1H3,(H,23,24,28). The number of hydrogen-bond donors (Lipinski definition) is 1. The Bertz CT molecular complexity index is 1270. The molecule has 1 amide bonds. The molecule has 2 aliphatic rings. The molecule has 1 aliphatic heterocycles. The number of hydrogen-bond acceptors (Lipinski definition) is 5. The Balaban J connectivity index is 1.41. The van der Waals surface area contributed by atoms with Crippen LogP contribution in [0.5, 0.6) is 0 Å². The third-order valence-electron chi connectivity index (χ3n) is 5.90. The Morgan fingerprint density at radius 1 is 1.38 bits per heavy atom. The van der Waals surface area contributed by atoms with E-state index in [-0.39, 0.29) is 22.8 Å². The molecule has 1 saturated carbocycles. The minimum Gasteiger partial charge on any atom is -0.334 e. The molecule has 5 rings (SSSR count). The van der Waals surface area contributed by atoms with Crippen LogP contribution in [0, 0.1) is 23.7 Å². The van der Waals surface area contributed by atoms with Crippen LogP contribution in [0.4, 0.5) is 0 Å². The summed E-state index contributed by atoms with van der Waals surface area (Å²) in [5, 5.41) is 18.0. The van der Waals surface area contributed by atoms with E-state index in [9.17, 15) is 14.9 Å². The Morgan fingerprint density at radius 2 is 2.21 bits per heavy atom. The minimum absolute atomic E-state index is 0.116. The number of H-pyrrole nitrogens is 1. The molecule has 0 saturated heterocycles. The monoisotopic (exact) mass is 389 g/mol. The van der Waals surface area contributed by atoms with Gasteiger partial charge in [0, 0.05) is 19.3 Å². The van der Waals surface area contributed by atoms with Crippen molar-refractivity contribution in [1.29, 1.82) is 5.26 Å². The summed E-state index contributed by atoms with van der Waals surface area (Å²) in [4.78, 5) is 29.7. The average Bonchev–Trinajstić information content (AvgIpc) is 3.22. The Hall–Kier alpha value is -3.67. The van der Waals surface area contributed by atoms with Gasteiger partial charge in [0.25, 0.3) is 11.5 Å². The van der Waals surface area contributed by atoms with Crippen LogP contribution >= 0.6 is 0 Å². The van der Waals surface area contributed by atoms with Gasteiger partial charge in [-0.05, 0) is 38.3 Å². The first kappa shape index (κ1) is 17.4. The molecule has 0 unspecified atom stereocenters. The van der Waals surface area contributed by atoms with Gasteiger partial charge in [-0.2, -0.15) is 10.4 Å². The Labute approximate surface area is 165 Å². The molecular formula is C20H19N7O2. The number of rotatable bonds is 3. The third-order valence-corrected chi connectivity index (χ3v) is 5.90. The van der Waals surface area contributed by atoms with E-state index in [0.29, 0.717) is 29.9 Å². The Kier molecular flexibility index (Phi) is 3.71. The van der Waals surface area contributed by atoms with Crippen LogP contribution in [0.1, 0.15) is 35.3 Å². The number of nitrogens with zero attached hydrogens (tertiary/aromatic N) is 6. The predicted molar refractivity (Wildman–Crippen MR) is 104 cm³/mol. The van der Waals surface area contributed by atoms with Crippen LogP contribution < -0.4 is 5.56 Å². The lowest BCUT2D eigenvalue weighted by atomic mass is 9.92. The number of aromatic nitrogens is 5. The predicted octanol–water partition coefficient (Wildman–Crippen LogP) is 1.59. The van der Waals surface area contributed by atoms with Crippen molar-refractivity contribution in [3.05, 3.63) is 57.8 Å².